The van der Waals surface area contributed by atoms with Gasteiger partial charge in [0.25, 0.3) is 0 Å². The number of carbonyl (C=O) groups is 1. The molecular formula is C25H32N2O4Si. The number of carboxylic acids is 1. The molecule has 0 spiro atoms. The number of rotatable bonds is 8. The van der Waals surface area contributed by atoms with E-state index >= 15 is 0 Å². The molecule has 0 aliphatic rings. The third kappa shape index (κ3) is 5.47. The van der Waals surface area contributed by atoms with E-state index in [0.717, 1.165) is 33.6 Å². The number of hydrogen-bond acceptors (Lipinski definition) is 5. The van der Waals surface area contributed by atoms with Gasteiger partial charge in [0.1, 0.15) is 11.6 Å². The molecule has 0 aliphatic carbocycles. The van der Waals surface area contributed by atoms with Gasteiger partial charge in [-0.05, 0) is 65.7 Å². The third-order valence-electron chi connectivity index (χ3n) is 6.17. The van der Waals surface area contributed by atoms with Crippen LogP contribution in [0.15, 0.2) is 48.5 Å². The molecule has 1 aromatic heterocycles. The molecule has 0 amide bonds. The van der Waals surface area contributed by atoms with Crippen molar-refractivity contribution in [3.8, 4) is 5.75 Å². The van der Waals surface area contributed by atoms with Gasteiger partial charge in [0, 0.05) is 11.9 Å². The fourth-order valence-electron chi connectivity index (χ4n) is 3.05. The summed E-state index contributed by atoms with van der Waals surface area (Å²) in [4.78, 5) is 16.2. The maximum absolute atomic E-state index is 11.5. The Kier molecular flexibility index (Phi) is 6.90. The SMILES string of the molecule is COc1ccc(CNc2cc(CO[Si](C)(C)C(C)(C)C)c3cc(C(=O)O)ccc3n2)cc1. The molecule has 6 nitrogen and oxygen atoms in total. The zero-order valence-corrected chi connectivity index (χ0v) is 20.7. The number of nitrogens with one attached hydrogen (secondary N) is 1. The molecular weight excluding hydrogens is 420 g/mol. The quantitative estimate of drug-likeness (QED) is 0.403. The molecule has 0 unspecified atom stereocenters. The standard InChI is InChI=1S/C25H32N2O4Si/c1-25(2,3)32(5,6)31-16-19-14-23(26-15-17-7-10-20(30-4)11-8-17)27-22-12-9-18(24(28)29)13-21(19)22/h7-14H,15-16H2,1-6H3,(H,26,27)(H,28,29). The normalized spacial score (nSPS) is 12.1. The Morgan fingerprint density at radius 2 is 1.78 bits per heavy atom. The summed E-state index contributed by atoms with van der Waals surface area (Å²) in [5.74, 6) is 0.590. The van der Waals surface area contributed by atoms with Gasteiger partial charge in [-0.1, -0.05) is 32.9 Å². The summed E-state index contributed by atoms with van der Waals surface area (Å²) in [5.41, 5.74) is 3.02. The Labute approximate surface area is 190 Å². The molecule has 32 heavy (non-hydrogen) atoms. The summed E-state index contributed by atoms with van der Waals surface area (Å²) in [5, 5.41) is 13.7. The van der Waals surface area contributed by atoms with Gasteiger partial charge in [-0.25, -0.2) is 9.78 Å². The van der Waals surface area contributed by atoms with E-state index in [1.54, 1.807) is 25.3 Å². The fraction of sp³-hybridized carbons (Fsp3) is 0.360. The number of nitrogens with zero attached hydrogens (tertiary/aromatic N) is 1. The van der Waals surface area contributed by atoms with E-state index in [0.29, 0.717) is 13.2 Å². The molecule has 3 rings (SSSR count). The summed E-state index contributed by atoms with van der Waals surface area (Å²) in [7, 11) is -0.329. The molecule has 0 bridgehead atoms. The first kappa shape index (κ1) is 23.8. The number of pyridine rings is 1. The number of methoxy groups -OCH3 is 1. The highest BCUT2D eigenvalue weighted by atomic mass is 28.4. The summed E-state index contributed by atoms with van der Waals surface area (Å²) in [6.07, 6.45) is 0. The maximum Gasteiger partial charge on any atom is 0.335 e. The van der Waals surface area contributed by atoms with Gasteiger partial charge in [-0.15, -0.1) is 0 Å². The first-order valence-corrected chi connectivity index (χ1v) is 13.6. The number of anilines is 1. The minimum absolute atomic E-state index is 0.0809. The van der Waals surface area contributed by atoms with Crippen molar-refractivity contribution in [2.75, 3.05) is 12.4 Å². The largest absolute Gasteiger partial charge is 0.497 e. The van der Waals surface area contributed by atoms with Crippen molar-refractivity contribution in [3.05, 3.63) is 65.2 Å². The molecule has 0 atom stereocenters. The van der Waals surface area contributed by atoms with Crippen molar-refractivity contribution >= 4 is 31.0 Å². The second kappa shape index (κ2) is 9.30. The Bertz CT molecular complexity index is 1110. The number of aromatic carboxylic acids is 1. The van der Waals surface area contributed by atoms with Gasteiger partial charge in [0.2, 0.25) is 0 Å². The van der Waals surface area contributed by atoms with Crippen LogP contribution < -0.4 is 10.1 Å². The monoisotopic (exact) mass is 452 g/mol. The van der Waals surface area contributed by atoms with Crippen LogP contribution in [-0.2, 0) is 17.6 Å². The van der Waals surface area contributed by atoms with Crippen molar-refractivity contribution in [2.24, 2.45) is 0 Å². The van der Waals surface area contributed by atoms with Crippen LogP contribution in [0.25, 0.3) is 10.9 Å². The minimum Gasteiger partial charge on any atom is -0.497 e. The van der Waals surface area contributed by atoms with Crippen LogP contribution in [0.2, 0.25) is 18.1 Å². The lowest BCUT2D eigenvalue weighted by Crippen LogP contribution is -2.40. The smallest absolute Gasteiger partial charge is 0.335 e. The van der Waals surface area contributed by atoms with Gasteiger partial charge < -0.3 is 19.6 Å². The van der Waals surface area contributed by atoms with Crippen LogP contribution in [0.3, 0.4) is 0 Å². The number of aromatic nitrogens is 1. The van der Waals surface area contributed by atoms with Crippen LogP contribution in [-0.4, -0.2) is 31.5 Å². The second-order valence-corrected chi connectivity index (χ2v) is 14.3. The molecule has 2 aromatic carbocycles. The fourth-order valence-corrected chi connectivity index (χ4v) is 4.00. The molecule has 1 heterocycles. The van der Waals surface area contributed by atoms with E-state index in [1.807, 2.05) is 30.3 Å². The van der Waals surface area contributed by atoms with E-state index < -0.39 is 14.3 Å². The predicted octanol–water partition coefficient (Wildman–Crippen LogP) is 6.08. The highest BCUT2D eigenvalue weighted by molar-refractivity contribution is 6.74. The van der Waals surface area contributed by atoms with E-state index in [1.165, 1.54) is 0 Å². The van der Waals surface area contributed by atoms with Crippen molar-refractivity contribution in [1.82, 2.24) is 4.98 Å². The number of benzene rings is 2. The van der Waals surface area contributed by atoms with E-state index in [2.05, 4.69) is 39.2 Å². The van der Waals surface area contributed by atoms with Crippen LogP contribution in [0, 0.1) is 0 Å². The first-order chi connectivity index (χ1) is 15.0. The van der Waals surface area contributed by atoms with Gasteiger partial charge in [0.05, 0.1) is 24.8 Å². The average Bonchev–Trinajstić information content (AvgIpc) is 2.75. The lowest BCUT2D eigenvalue weighted by molar-refractivity contribution is 0.0697. The van der Waals surface area contributed by atoms with Gasteiger partial charge in [-0.3, -0.25) is 0 Å². The van der Waals surface area contributed by atoms with Crippen LogP contribution in [0.5, 0.6) is 5.75 Å². The second-order valence-electron chi connectivity index (χ2n) is 9.45. The van der Waals surface area contributed by atoms with Crippen molar-refractivity contribution in [1.29, 1.82) is 0 Å². The van der Waals surface area contributed by atoms with Gasteiger partial charge >= 0.3 is 5.97 Å². The Balaban J connectivity index is 1.92. The summed E-state index contributed by atoms with van der Waals surface area (Å²) >= 11 is 0. The molecule has 3 aromatic rings. The van der Waals surface area contributed by atoms with Gasteiger partial charge in [0.15, 0.2) is 8.32 Å². The summed E-state index contributed by atoms with van der Waals surface area (Å²) in [6.45, 7) is 12.1. The molecule has 2 N–H and O–H groups in total. The lowest BCUT2D eigenvalue weighted by Gasteiger charge is -2.36. The molecule has 7 heteroatoms. The Morgan fingerprint density at radius 3 is 2.38 bits per heavy atom. The van der Waals surface area contributed by atoms with Crippen LogP contribution >= 0.6 is 0 Å². The molecule has 0 saturated carbocycles. The number of ether oxygens (including phenoxy) is 1. The highest BCUT2D eigenvalue weighted by Gasteiger charge is 2.37. The van der Waals surface area contributed by atoms with E-state index in [-0.39, 0.29) is 10.6 Å². The van der Waals surface area contributed by atoms with Crippen LogP contribution in [0.1, 0.15) is 42.3 Å². The number of fused-ring (bicyclic) bond motifs is 1. The van der Waals surface area contributed by atoms with Gasteiger partial charge in [-0.2, -0.15) is 0 Å². The minimum atomic E-state index is -1.98. The molecule has 0 saturated heterocycles. The molecule has 0 aliphatic heterocycles. The lowest BCUT2D eigenvalue weighted by atomic mass is 10.1. The summed E-state index contributed by atoms with van der Waals surface area (Å²) < 4.78 is 11.7. The van der Waals surface area contributed by atoms with Crippen molar-refractivity contribution in [2.45, 2.75) is 52.1 Å². The average molecular weight is 453 g/mol. The molecule has 0 radical (unpaired) electrons. The molecule has 170 valence electrons. The zero-order chi connectivity index (χ0) is 23.5. The van der Waals surface area contributed by atoms with Crippen LogP contribution in [0.4, 0.5) is 5.82 Å². The van der Waals surface area contributed by atoms with E-state index in [4.69, 9.17) is 14.1 Å². The topological polar surface area (TPSA) is 80.7 Å². The van der Waals surface area contributed by atoms with Crippen molar-refractivity contribution in [3.63, 3.8) is 0 Å². The Morgan fingerprint density at radius 1 is 1.09 bits per heavy atom. The zero-order valence-electron chi connectivity index (χ0n) is 19.7. The predicted molar refractivity (Wildman–Crippen MR) is 131 cm³/mol. The highest BCUT2D eigenvalue weighted by Crippen LogP contribution is 2.37. The maximum atomic E-state index is 11.5. The Hall–Kier alpha value is -2.90. The summed E-state index contributed by atoms with van der Waals surface area (Å²) in [6, 6.07) is 14.9. The third-order valence-corrected chi connectivity index (χ3v) is 10.6. The number of carboxylic acid groups (broad SMARTS) is 1. The first-order valence-electron chi connectivity index (χ1n) is 10.7. The van der Waals surface area contributed by atoms with E-state index in [9.17, 15) is 9.90 Å². The van der Waals surface area contributed by atoms with Crippen molar-refractivity contribution < 1.29 is 19.1 Å². The molecule has 0 fully saturated rings. The number of hydrogen-bond donors (Lipinski definition) is 2.